The molecule has 1 amide bonds. The first-order valence-electron chi connectivity index (χ1n) is 10.9. The minimum atomic E-state index is -0.0211. The van der Waals surface area contributed by atoms with Crippen LogP contribution in [0.5, 0.6) is 0 Å². The van der Waals surface area contributed by atoms with E-state index < -0.39 is 0 Å². The molecule has 0 aliphatic heterocycles. The molecule has 1 aliphatic rings. The van der Waals surface area contributed by atoms with E-state index >= 15 is 0 Å². The lowest BCUT2D eigenvalue weighted by Crippen LogP contribution is -2.38. The van der Waals surface area contributed by atoms with Crippen molar-refractivity contribution in [1.82, 2.24) is 10.2 Å². The van der Waals surface area contributed by atoms with Crippen LogP contribution in [0.4, 0.5) is 5.69 Å². The van der Waals surface area contributed by atoms with Crippen molar-refractivity contribution >= 4 is 46.9 Å². The molecule has 0 spiro atoms. The SMILES string of the molecule is O=C[B]NC1CCC(C(=O)Nc2ccc3cncc(-c4cc5ccccc5o4)c3c2)CC1. The van der Waals surface area contributed by atoms with Crippen LogP contribution in [0.15, 0.2) is 65.3 Å². The summed E-state index contributed by atoms with van der Waals surface area (Å²) in [6.07, 6.45) is 7.74. The van der Waals surface area contributed by atoms with Gasteiger partial charge in [0, 0.05) is 40.3 Å². The number of furan rings is 1. The van der Waals surface area contributed by atoms with E-state index in [9.17, 15) is 9.59 Å². The van der Waals surface area contributed by atoms with E-state index in [1.807, 2.05) is 54.7 Å². The van der Waals surface area contributed by atoms with Crippen molar-refractivity contribution in [1.29, 1.82) is 0 Å². The highest BCUT2D eigenvalue weighted by molar-refractivity contribution is 6.64. The van der Waals surface area contributed by atoms with Crippen LogP contribution in [0.1, 0.15) is 25.7 Å². The maximum absolute atomic E-state index is 12.9. The molecule has 6 nitrogen and oxygen atoms in total. The van der Waals surface area contributed by atoms with Crippen molar-refractivity contribution in [2.45, 2.75) is 31.7 Å². The van der Waals surface area contributed by atoms with Crippen LogP contribution < -0.4 is 10.5 Å². The summed E-state index contributed by atoms with van der Waals surface area (Å²) in [6, 6.07) is 16.1. The summed E-state index contributed by atoms with van der Waals surface area (Å²) in [5, 5.41) is 9.19. The Morgan fingerprint density at radius 2 is 1.88 bits per heavy atom. The largest absolute Gasteiger partial charge is 0.456 e. The van der Waals surface area contributed by atoms with Crippen LogP contribution >= 0.6 is 0 Å². The Kier molecular flexibility index (Phi) is 5.73. The zero-order valence-corrected chi connectivity index (χ0v) is 17.6. The summed E-state index contributed by atoms with van der Waals surface area (Å²) >= 11 is 0. The number of nitrogens with zero attached hydrogens (tertiary/aromatic N) is 1. The van der Waals surface area contributed by atoms with Crippen LogP contribution in [0, 0.1) is 5.92 Å². The Bertz CT molecular complexity index is 1240. The monoisotopic (exact) mass is 424 g/mol. The summed E-state index contributed by atoms with van der Waals surface area (Å²) in [4.78, 5) is 27.7. The highest BCUT2D eigenvalue weighted by Gasteiger charge is 2.26. The quantitative estimate of drug-likeness (QED) is 0.351. The van der Waals surface area contributed by atoms with Gasteiger partial charge in [-0.2, -0.15) is 0 Å². The molecule has 1 saturated carbocycles. The van der Waals surface area contributed by atoms with Gasteiger partial charge in [-0.3, -0.25) is 9.78 Å². The number of fused-ring (bicyclic) bond motifs is 2. The number of amides is 1. The molecule has 0 unspecified atom stereocenters. The molecule has 0 bridgehead atoms. The van der Waals surface area contributed by atoms with Crippen molar-refractivity contribution in [2.75, 3.05) is 5.32 Å². The van der Waals surface area contributed by atoms with Gasteiger partial charge in [0.15, 0.2) is 0 Å². The molecule has 1 aliphatic carbocycles. The van der Waals surface area contributed by atoms with Gasteiger partial charge in [-0.05, 0) is 61.4 Å². The minimum absolute atomic E-state index is 0.0211. The lowest BCUT2D eigenvalue weighted by molar-refractivity contribution is -0.120. The first kappa shape index (κ1) is 20.5. The first-order chi connectivity index (χ1) is 15.7. The summed E-state index contributed by atoms with van der Waals surface area (Å²) in [7, 11) is 1.44. The van der Waals surface area contributed by atoms with E-state index in [-0.39, 0.29) is 17.9 Å². The normalized spacial score (nSPS) is 18.5. The van der Waals surface area contributed by atoms with Gasteiger partial charge in [-0.25, -0.2) is 0 Å². The number of carbonyl (C=O) groups excluding carboxylic acids is 2. The maximum atomic E-state index is 12.9. The summed E-state index contributed by atoms with van der Waals surface area (Å²) < 4.78 is 6.06. The van der Waals surface area contributed by atoms with Gasteiger partial charge in [-0.15, -0.1) is 0 Å². The van der Waals surface area contributed by atoms with E-state index in [2.05, 4.69) is 15.5 Å². The summed E-state index contributed by atoms with van der Waals surface area (Å²) in [5.41, 5.74) is 2.49. The number of hydrogen-bond acceptors (Lipinski definition) is 5. The number of benzene rings is 2. The average Bonchev–Trinajstić information content (AvgIpc) is 3.27. The van der Waals surface area contributed by atoms with Crippen molar-refractivity contribution in [2.24, 2.45) is 5.92 Å². The van der Waals surface area contributed by atoms with Crippen molar-refractivity contribution < 1.29 is 14.0 Å². The van der Waals surface area contributed by atoms with Crippen molar-refractivity contribution in [3.63, 3.8) is 0 Å². The molecular formula is C25H23BN3O3. The zero-order chi connectivity index (χ0) is 21.9. The number of nitrogens with one attached hydrogen (secondary N) is 2. The topological polar surface area (TPSA) is 84.2 Å². The fraction of sp³-hybridized carbons (Fsp3) is 0.240. The molecule has 1 radical (unpaired) electrons. The molecule has 159 valence electrons. The second-order valence-corrected chi connectivity index (χ2v) is 8.28. The van der Waals surface area contributed by atoms with Crippen LogP contribution in [-0.2, 0) is 9.59 Å². The Labute approximate surface area is 186 Å². The number of anilines is 1. The average molecular weight is 424 g/mol. The predicted molar refractivity (Wildman–Crippen MR) is 127 cm³/mol. The molecule has 32 heavy (non-hydrogen) atoms. The number of hydrogen-bond donors (Lipinski definition) is 2. The van der Waals surface area contributed by atoms with E-state index in [0.29, 0.717) is 0 Å². The third kappa shape index (κ3) is 4.16. The highest BCUT2D eigenvalue weighted by atomic mass is 16.3. The Balaban J connectivity index is 1.36. The molecular weight excluding hydrogens is 401 g/mol. The lowest BCUT2D eigenvalue weighted by Gasteiger charge is -2.28. The molecule has 2 heterocycles. The fourth-order valence-corrected chi connectivity index (χ4v) is 4.49. The number of carbonyl (C=O) groups is 2. The Morgan fingerprint density at radius 3 is 2.69 bits per heavy atom. The van der Waals surface area contributed by atoms with Gasteiger partial charge in [-0.1, -0.05) is 24.3 Å². The highest BCUT2D eigenvalue weighted by Crippen LogP contribution is 2.34. The van der Waals surface area contributed by atoms with Gasteiger partial charge >= 0.3 is 0 Å². The first-order valence-corrected chi connectivity index (χ1v) is 10.9. The third-order valence-corrected chi connectivity index (χ3v) is 6.22. The minimum Gasteiger partial charge on any atom is -0.456 e. The van der Waals surface area contributed by atoms with Crippen LogP contribution in [0.25, 0.3) is 33.1 Å². The van der Waals surface area contributed by atoms with Gasteiger partial charge < -0.3 is 19.8 Å². The van der Waals surface area contributed by atoms with Gasteiger partial charge in [0.05, 0.1) is 6.19 Å². The summed E-state index contributed by atoms with van der Waals surface area (Å²) in [5.74, 6) is 0.777. The molecule has 1 fully saturated rings. The molecule has 7 heteroatoms. The molecule has 2 N–H and O–H groups in total. The number of aromatic nitrogens is 1. The van der Waals surface area contributed by atoms with E-state index in [0.717, 1.165) is 70.6 Å². The smallest absolute Gasteiger partial charge is 0.290 e. The Hall–Kier alpha value is -3.45. The maximum Gasteiger partial charge on any atom is 0.290 e. The van der Waals surface area contributed by atoms with Crippen molar-refractivity contribution in [3.05, 3.63) is 60.9 Å². The predicted octanol–water partition coefficient (Wildman–Crippen LogP) is 4.54. The van der Waals surface area contributed by atoms with Gasteiger partial charge in [0.2, 0.25) is 5.91 Å². The second kappa shape index (κ2) is 8.97. The van der Waals surface area contributed by atoms with Gasteiger partial charge in [0.25, 0.3) is 7.41 Å². The molecule has 2 aromatic carbocycles. The lowest BCUT2D eigenvalue weighted by atomic mass is 9.83. The Morgan fingerprint density at radius 1 is 1.03 bits per heavy atom. The zero-order valence-electron chi connectivity index (χ0n) is 17.6. The number of rotatable bonds is 6. The van der Waals surface area contributed by atoms with E-state index in [1.54, 1.807) is 6.20 Å². The molecule has 2 aromatic heterocycles. The summed E-state index contributed by atoms with van der Waals surface area (Å²) in [6.45, 7) is 0. The van der Waals surface area contributed by atoms with E-state index in [4.69, 9.17) is 4.42 Å². The number of pyridine rings is 1. The van der Waals surface area contributed by atoms with Crippen LogP contribution in [0.2, 0.25) is 0 Å². The molecule has 4 aromatic rings. The molecule has 0 saturated heterocycles. The third-order valence-electron chi connectivity index (χ3n) is 6.22. The van der Waals surface area contributed by atoms with Gasteiger partial charge in [0.1, 0.15) is 11.3 Å². The number of para-hydroxylation sites is 1. The van der Waals surface area contributed by atoms with Crippen LogP contribution in [-0.4, -0.2) is 30.5 Å². The fourth-order valence-electron chi connectivity index (χ4n) is 4.49. The second-order valence-electron chi connectivity index (χ2n) is 8.28. The molecule has 5 rings (SSSR count). The van der Waals surface area contributed by atoms with E-state index in [1.165, 1.54) is 7.41 Å². The van der Waals surface area contributed by atoms with Crippen LogP contribution in [0.3, 0.4) is 0 Å². The van der Waals surface area contributed by atoms with Crippen molar-refractivity contribution in [3.8, 4) is 11.3 Å². The molecule has 0 atom stereocenters. The standard InChI is InChI=1S/C25H23BN3O3/c30-15-26-29-19-8-5-16(6-9-19)25(31)28-20-10-7-18-13-27-14-22(21(18)12-20)24-11-17-3-1-2-4-23(17)32-24/h1-4,7,10-16,19,29H,5-6,8-9H2,(H,28,31).